The molecule has 1 atom stereocenters. The molecule has 0 rings (SSSR count). The van der Waals surface area contributed by atoms with Gasteiger partial charge in [0.2, 0.25) is 16.2 Å². The fourth-order valence-corrected chi connectivity index (χ4v) is 0. The second-order valence-corrected chi connectivity index (χ2v) is 2.31. The van der Waals surface area contributed by atoms with E-state index in [0.29, 0.717) is 0 Å². The first-order valence-corrected chi connectivity index (χ1v) is 2.53. The van der Waals surface area contributed by atoms with Gasteiger partial charge in [-0.3, -0.25) is 17.2 Å². The highest BCUT2D eigenvalue weighted by Gasteiger charge is 2.18. The maximum atomic E-state index is 9.76. The van der Waals surface area contributed by atoms with Crippen LogP contribution in [0.25, 0.3) is 0 Å². The molecule has 0 aromatic carbocycles. The molecule has 44 valence electrons. The average molecular weight is 125 g/mol. The van der Waals surface area contributed by atoms with Crippen molar-refractivity contribution in [3.8, 4) is 0 Å². The zero-order valence-electron chi connectivity index (χ0n) is 3.50. The van der Waals surface area contributed by atoms with Crippen LogP contribution < -0.4 is 17.2 Å². The third-order valence-corrected chi connectivity index (χ3v) is 0.907. The molecule has 0 aliphatic carbocycles. The van der Waals surface area contributed by atoms with E-state index in [1.165, 1.54) is 0 Å². The Balaban J connectivity index is 3.79. The van der Waals surface area contributed by atoms with E-state index in [1.54, 1.807) is 0 Å². The summed E-state index contributed by atoms with van der Waals surface area (Å²) in [6.07, 6.45) is 0. The van der Waals surface area contributed by atoms with Gasteiger partial charge in [0.25, 0.3) is 0 Å². The quantitative estimate of drug-likeness (QED) is 0.232. The van der Waals surface area contributed by atoms with Crippen molar-refractivity contribution in [2.24, 2.45) is 17.2 Å². The Bertz CT molecular complexity index is 85.4. The van der Waals surface area contributed by atoms with Crippen LogP contribution in [0.5, 0.6) is 0 Å². The van der Waals surface area contributed by atoms with Crippen molar-refractivity contribution in [1.82, 2.24) is 0 Å². The maximum Gasteiger partial charge on any atom is 0.221 e. The summed E-state index contributed by atoms with van der Waals surface area (Å²) in [6, 6.07) is 0. The van der Waals surface area contributed by atoms with Crippen LogP contribution in [-0.2, 0) is 11.1 Å². The fourth-order valence-electron chi connectivity index (χ4n) is 0. The standard InChI is InChI=1S/CH7N3O2S/c2-1(3,4)7(5)6/h2-4H2,(H,5,6). The van der Waals surface area contributed by atoms with Crippen LogP contribution in [-0.4, -0.2) is 13.9 Å². The molecule has 0 aromatic rings. The van der Waals surface area contributed by atoms with Crippen LogP contribution in [0.15, 0.2) is 0 Å². The van der Waals surface area contributed by atoms with Gasteiger partial charge in [0.15, 0.2) is 0 Å². The normalized spacial score (nSPS) is 16.6. The van der Waals surface area contributed by atoms with Gasteiger partial charge < -0.3 is 4.55 Å². The van der Waals surface area contributed by atoms with Crippen LogP contribution >= 0.6 is 0 Å². The van der Waals surface area contributed by atoms with Crippen molar-refractivity contribution in [2.75, 3.05) is 0 Å². The second-order valence-electron chi connectivity index (χ2n) is 1.10. The van der Waals surface area contributed by atoms with Crippen molar-refractivity contribution in [3.05, 3.63) is 0 Å². The number of hydrogen-bond donors (Lipinski definition) is 4. The van der Waals surface area contributed by atoms with Gasteiger partial charge in [-0.15, -0.1) is 0 Å². The molecule has 0 aliphatic rings. The first-order valence-electron chi connectivity index (χ1n) is 1.42. The fraction of sp³-hybridized carbons (Fsp3) is 1.00. The number of rotatable bonds is 1. The van der Waals surface area contributed by atoms with Gasteiger partial charge >= 0.3 is 0 Å². The van der Waals surface area contributed by atoms with E-state index in [0.717, 1.165) is 0 Å². The molecule has 7 heavy (non-hydrogen) atoms. The summed E-state index contributed by atoms with van der Waals surface area (Å²) < 4.78 is 17.7. The largest absolute Gasteiger partial charge is 0.303 e. The smallest absolute Gasteiger partial charge is 0.221 e. The zero-order valence-corrected chi connectivity index (χ0v) is 4.31. The summed E-state index contributed by atoms with van der Waals surface area (Å²) in [5.74, 6) is 0. The summed E-state index contributed by atoms with van der Waals surface area (Å²) in [7, 11) is 0. The molecule has 0 aromatic heterocycles. The van der Waals surface area contributed by atoms with E-state index >= 15 is 0 Å². The minimum atomic E-state index is -2.35. The van der Waals surface area contributed by atoms with E-state index in [-0.39, 0.29) is 0 Å². The van der Waals surface area contributed by atoms with E-state index in [9.17, 15) is 4.21 Å². The highest BCUT2D eigenvalue weighted by Crippen LogP contribution is 1.79. The second kappa shape index (κ2) is 1.85. The Labute approximate surface area is 43.1 Å². The van der Waals surface area contributed by atoms with Gasteiger partial charge in [-0.25, -0.2) is 4.21 Å². The molecule has 1 unspecified atom stereocenters. The van der Waals surface area contributed by atoms with Crippen LogP contribution in [0, 0.1) is 0 Å². The topological polar surface area (TPSA) is 115 Å². The average Bonchev–Trinajstić information content (AvgIpc) is 1.31. The van der Waals surface area contributed by atoms with Gasteiger partial charge in [-0.1, -0.05) is 0 Å². The Morgan fingerprint density at radius 2 is 1.57 bits per heavy atom. The summed E-state index contributed by atoms with van der Waals surface area (Å²) in [4.78, 5) is 0. The summed E-state index contributed by atoms with van der Waals surface area (Å²) >= 11 is -2.35. The van der Waals surface area contributed by atoms with Gasteiger partial charge in [-0.2, -0.15) is 0 Å². The molecule has 0 amide bonds. The molecule has 7 N–H and O–H groups in total. The van der Waals surface area contributed by atoms with E-state index in [1.807, 2.05) is 0 Å². The first kappa shape index (κ1) is 6.99. The van der Waals surface area contributed by atoms with Crippen LogP contribution in [0.2, 0.25) is 0 Å². The third kappa shape index (κ3) is 2.66. The molecular weight excluding hydrogens is 118 g/mol. The molecule has 5 nitrogen and oxygen atoms in total. The van der Waals surface area contributed by atoms with Gasteiger partial charge in [0, 0.05) is 0 Å². The number of nitrogens with two attached hydrogens (primary N) is 3. The molecule has 0 fully saturated rings. The molecule has 0 bridgehead atoms. The van der Waals surface area contributed by atoms with Crippen LogP contribution in [0.1, 0.15) is 0 Å². The Hall–Kier alpha value is -0.0100. The van der Waals surface area contributed by atoms with Crippen molar-refractivity contribution in [2.45, 2.75) is 5.12 Å². The summed E-state index contributed by atoms with van der Waals surface area (Å²) in [5, 5.41) is -1.97. The lowest BCUT2D eigenvalue weighted by Crippen LogP contribution is -2.61. The predicted molar refractivity (Wildman–Crippen MR) is 26.1 cm³/mol. The van der Waals surface area contributed by atoms with E-state index in [4.69, 9.17) is 4.55 Å². The molecule has 0 aliphatic heterocycles. The third-order valence-electron chi connectivity index (χ3n) is 0.302. The van der Waals surface area contributed by atoms with Gasteiger partial charge in [0.05, 0.1) is 0 Å². The molecule has 0 spiro atoms. The highest BCUT2D eigenvalue weighted by atomic mass is 32.2. The van der Waals surface area contributed by atoms with Gasteiger partial charge in [-0.05, 0) is 0 Å². The first-order chi connectivity index (χ1) is 2.94. The molecule has 0 saturated heterocycles. The van der Waals surface area contributed by atoms with E-state index < -0.39 is 16.2 Å². The number of hydrogen-bond acceptors (Lipinski definition) is 4. The Morgan fingerprint density at radius 1 is 1.43 bits per heavy atom. The molecular formula is CH7N3O2S. The Kier molecular flexibility index (Phi) is 1.84. The minimum absolute atomic E-state index is 1.97. The highest BCUT2D eigenvalue weighted by molar-refractivity contribution is 7.80. The monoisotopic (exact) mass is 125 g/mol. The minimum Gasteiger partial charge on any atom is -0.303 e. The maximum absolute atomic E-state index is 9.76. The Morgan fingerprint density at radius 3 is 1.57 bits per heavy atom. The lowest BCUT2D eigenvalue weighted by Gasteiger charge is -2.10. The molecule has 0 saturated carbocycles. The predicted octanol–water partition coefficient (Wildman–Crippen LogP) is -2.30. The molecule has 6 heteroatoms. The van der Waals surface area contributed by atoms with Crippen LogP contribution in [0.4, 0.5) is 0 Å². The summed E-state index contributed by atoms with van der Waals surface area (Å²) in [6.45, 7) is 0. The molecule has 0 heterocycles. The summed E-state index contributed by atoms with van der Waals surface area (Å²) in [5.41, 5.74) is 14.1. The van der Waals surface area contributed by atoms with Gasteiger partial charge in [0.1, 0.15) is 0 Å². The molecule has 0 radical (unpaired) electrons. The lowest BCUT2D eigenvalue weighted by atomic mass is 11.0. The van der Waals surface area contributed by atoms with Crippen molar-refractivity contribution >= 4 is 11.1 Å². The lowest BCUT2D eigenvalue weighted by molar-refractivity contribution is 0.504. The van der Waals surface area contributed by atoms with Crippen molar-refractivity contribution in [1.29, 1.82) is 0 Å². The van der Waals surface area contributed by atoms with E-state index in [2.05, 4.69) is 17.2 Å². The van der Waals surface area contributed by atoms with Crippen LogP contribution in [0.3, 0.4) is 0 Å². The van der Waals surface area contributed by atoms with Crippen molar-refractivity contribution in [3.63, 3.8) is 0 Å². The van der Waals surface area contributed by atoms with Crippen molar-refractivity contribution < 1.29 is 8.76 Å². The zero-order chi connectivity index (χ0) is 6.08. The SMILES string of the molecule is NC(N)(N)S(=O)O.